The van der Waals surface area contributed by atoms with E-state index in [1.165, 1.54) is 0 Å². The SMILES string of the molecule is CC(CCC1=C(CCC(C)NNN)C(=O)c2ccccc2C1=O)NNN.Cl.Cl. The third-order valence-corrected chi connectivity index (χ3v) is 4.64. The number of benzene rings is 1. The van der Waals surface area contributed by atoms with E-state index in [9.17, 15) is 9.59 Å². The minimum Gasteiger partial charge on any atom is -0.289 e. The van der Waals surface area contributed by atoms with Gasteiger partial charge in [-0.15, -0.1) is 24.8 Å². The van der Waals surface area contributed by atoms with Gasteiger partial charge >= 0.3 is 0 Å². The highest BCUT2D eigenvalue weighted by molar-refractivity contribution is 6.26. The molecule has 1 aromatic carbocycles. The highest BCUT2D eigenvalue weighted by Gasteiger charge is 2.31. The molecule has 2 unspecified atom stereocenters. The third kappa shape index (κ3) is 6.61. The van der Waals surface area contributed by atoms with Crippen LogP contribution in [-0.2, 0) is 0 Å². The van der Waals surface area contributed by atoms with E-state index in [2.05, 4.69) is 21.9 Å². The molecule has 0 fully saturated rings. The quantitative estimate of drug-likeness (QED) is 0.241. The molecule has 158 valence electrons. The Bertz CT molecular complexity index is 641. The van der Waals surface area contributed by atoms with E-state index in [0.717, 1.165) is 0 Å². The number of allylic oxidation sites excluding steroid dienone is 2. The van der Waals surface area contributed by atoms with Gasteiger partial charge in [-0.05, 0) is 39.5 Å². The Morgan fingerprint density at radius 3 is 1.46 bits per heavy atom. The molecular formula is C18H30Cl2N6O2. The van der Waals surface area contributed by atoms with Crippen LogP contribution in [0.25, 0.3) is 0 Å². The van der Waals surface area contributed by atoms with Gasteiger partial charge in [0, 0.05) is 34.4 Å². The van der Waals surface area contributed by atoms with Crippen LogP contribution >= 0.6 is 24.8 Å². The molecule has 10 heteroatoms. The predicted octanol–water partition coefficient (Wildman–Crippen LogP) is 1.48. The molecule has 0 aromatic heterocycles. The Labute approximate surface area is 178 Å². The van der Waals surface area contributed by atoms with Gasteiger partial charge in [0.2, 0.25) is 0 Å². The fourth-order valence-electron chi connectivity index (χ4n) is 3.16. The van der Waals surface area contributed by atoms with Crippen molar-refractivity contribution in [2.45, 2.75) is 51.6 Å². The fraction of sp³-hybridized carbons (Fsp3) is 0.444. The number of ketones is 2. The summed E-state index contributed by atoms with van der Waals surface area (Å²) in [6, 6.07) is 7.14. The Kier molecular flexibility index (Phi) is 12.3. The lowest BCUT2D eigenvalue weighted by Crippen LogP contribution is -2.44. The largest absolute Gasteiger partial charge is 0.289 e. The van der Waals surface area contributed by atoms with E-state index in [1.54, 1.807) is 24.3 Å². The van der Waals surface area contributed by atoms with Crippen molar-refractivity contribution in [1.82, 2.24) is 21.9 Å². The van der Waals surface area contributed by atoms with Gasteiger partial charge in [0.25, 0.3) is 0 Å². The number of nitrogens with one attached hydrogen (secondary N) is 4. The maximum Gasteiger partial charge on any atom is 0.190 e. The van der Waals surface area contributed by atoms with Crippen molar-refractivity contribution in [3.05, 3.63) is 46.5 Å². The topological polar surface area (TPSA) is 134 Å². The van der Waals surface area contributed by atoms with Gasteiger partial charge in [-0.3, -0.25) is 21.3 Å². The van der Waals surface area contributed by atoms with Crippen LogP contribution in [0.3, 0.4) is 0 Å². The van der Waals surface area contributed by atoms with Crippen LogP contribution in [0.1, 0.15) is 60.2 Å². The second-order valence-corrected chi connectivity index (χ2v) is 6.62. The number of Topliss-reactive ketones (excluding diaryl/α,β-unsaturated/α-hetero) is 2. The van der Waals surface area contributed by atoms with Crippen molar-refractivity contribution in [3.63, 3.8) is 0 Å². The van der Waals surface area contributed by atoms with Crippen LogP contribution in [0.5, 0.6) is 0 Å². The van der Waals surface area contributed by atoms with E-state index in [-0.39, 0.29) is 48.5 Å². The number of carbonyl (C=O) groups excluding carboxylic acids is 2. The molecule has 0 bridgehead atoms. The molecule has 2 atom stereocenters. The molecule has 2 rings (SSSR count). The Balaban J connectivity index is 0.00000364. The predicted molar refractivity (Wildman–Crippen MR) is 115 cm³/mol. The fourth-order valence-corrected chi connectivity index (χ4v) is 3.16. The lowest BCUT2D eigenvalue weighted by Gasteiger charge is -2.23. The summed E-state index contributed by atoms with van der Waals surface area (Å²) >= 11 is 0. The molecule has 28 heavy (non-hydrogen) atoms. The average Bonchev–Trinajstić information content (AvgIpc) is 2.63. The normalized spacial score (nSPS) is 15.4. The summed E-state index contributed by atoms with van der Waals surface area (Å²) in [5.41, 5.74) is 12.8. The van der Waals surface area contributed by atoms with Crippen LogP contribution < -0.4 is 33.6 Å². The van der Waals surface area contributed by atoms with Crippen LogP contribution in [-0.4, -0.2) is 23.7 Å². The van der Waals surface area contributed by atoms with Crippen LogP contribution in [0.15, 0.2) is 35.4 Å². The first kappa shape index (κ1) is 26.6. The van der Waals surface area contributed by atoms with Gasteiger partial charge in [0.1, 0.15) is 0 Å². The highest BCUT2D eigenvalue weighted by Crippen LogP contribution is 2.31. The molecule has 1 aromatic rings. The van der Waals surface area contributed by atoms with Gasteiger partial charge in [0.05, 0.1) is 0 Å². The number of carbonyl (C=O) groups is 2. The molecule has 8 nitrogen and oxygen atoms in total. The molecule has 0 saturated carbocycles. The molecule has 0 aliphatic heterocycles. The molecule has 0 saturated heterocycles. The highest BCUT2D eigenvalue weighted by atomic mass is 35.5. The van der Waals surface area contributed by atoms with Gasteiger partial charge in [-0.1, -0.05) is 24.3 Å². The summed E-state index contributed by atoms with van der Waals surface area (Å²) in [6.45, 7) is 3.92. The number of fused-ring (bicyclic) bond motifs is 1. The van der Waals surface area contributed by atoms with Crippen molar-refractivity contribution in [3.8, 4) is 0 Å². The monoisotopic (exact) mass is 432 g/mol. The van der Waals surface area contributed by atoms with Crippen LogP contribution in [0, 0.1) is 0 Å². The van der Waals surface area contributed by atoms with Crippen LogP contribution in [0.4, 0.5) is 0 Å². The average molecular weight is 433 g/mol. The third-order valence-electron chi connectivity index (χ3n) is 4.64. The summed E-state index contributed by atoms with van der Waals surface area (Å²) in [6.07, 6.45) is 2.40. The maximum absolute atomic E-state index is 13.0. The molecular weight excluding hydrogens is 403 g/mol. The smallest absolute Gasteiger partial charge is 0.190 e. The molecule has 0 heterocycles. The summed E-state index contributed by atoms with van der Waals surface area (Å²) in [7, 11) is 0. The van der Waals surface area contributed by atoms with E-state index < -0.39 is 0 Å². The van der Waals surface area contributed by atoms with Crippen molar-refractivity contribution in [2.75, 3.05) is 0 Å². The standard InChI is InChI=1S/C18H28N6O2.2ClH/c1-11(21-23-19)7-9-15-16(10-8-12(2)22-24-20)18(26)14-6-4-3-5-13(14)17(15)25;;/h3-6,11-12,21-24H,7-10,19-20H2,1-2H3;2*1H. The summed E-state index contributed by atoms with van der Waals surface area (Å²) in [5, 5.41) is 0. The molecule has 0 spiro atoms. The van der Waals surface area contributed by atoms with Crippen molar-refractivity contribution < 1.29 is 9.59 Å². The summed E-state index contributed by atoms with van der Waals surface area (Å²) < 4.78 is 0. The van der Waals surface area contributed by atoms with Crippen LogP contribution in [0.2, 0.25) is 0 Å². The molecule has 0 radical (unpaired) electrons. The Hall–Kier alpha value is -1.36. The minimum atomic E-state index is -0.0549. The summed E-state index contributed by atoms with van der Waals surface area (Å²) in [5.74, 6) is 10.4. The van der Waals surface area contributed by atoms with Gasteiger partial charge in [0.15, 0.2) is 11.6 Å². The second kappa shape index (κ2) is 13.0. The van der Waals surface area contributed by atoms with Gasteiger partial charge < -0.3 is 0 Å². The zero-order valence-corrected chi connectivity index (χ0v) is 17.7. The molecule has 0 amide bonds. The number of rotatable bonds is 10. The van der Waals surface area contributed by atoms with Crippen molar-refractivity contribution in [2.24, 2.45) is 11.7 Å². The molecule has 8 N–H and O–H groups in total. The second-order valence-electron chi connectivity index (χ2n) is 6.62. The molecule has 1 aliphatic carbocycles. The first-order chi connectivity index (χ1) is 12.5. The maximum atomic E-state index is 13.0. The number of nitrogens with two attached hydrogens (primary N) is 2. The molecule has 1 aliphatic rings. The number of hydrazine groups is 4. The lowest BCUT2D eigenvalue weighted by atomic mass is 9.80. The van der Waals surface area contributed by atoms with E-state index in [4.69, 9.17) is 11.7 Å². The van der Waals surface area contributed by atoms with Crippen molar-refractivity contribution >= 4 is 36.4 Å². The lowest BCUT2D eigenvalue weighted by molar-refractivity contribution is 0.0967. The first-order valence-corrected chi connectivity index (χ1v) is 8.82. The van der Waals surface area contributed by atoms with E-state index in [1.807, 2.05) is 13.8 Å². The Morgan fingerprint density at radius 1 is 0.786 bits per heavy atom. The zero-order valence-electron chi connectivity index (χ0n) is 16.1. The van der Waals surface area contributed by atoms with Gasteiger partial charge in [-0.25, -0.2) is 10.9 Å². The van der Waals surface area contributed by atoms with E-state index in [0.29, 0.717) is 48.0 Å². The number of halogens is 2. The zero-order chi connectivity index (χ0) is 19.1. The van der Waals surface area contributed by atoms with Crippen molar-refractivity contribution in [1.29, 1.82) is 0 Å². The van der Waals surface area contributed by atoms with E-state index >= 15 is 0 Å². The summed E-state index contributed by atoms with van der Waals surface area (Å²) in [4.78, 5) is 26.0. The first-order valence-electron chi connectivity index (χ1n) is 8.82. The Morgan fingerprint density at radius 2 is 1.14 bits per heavy atom. The number of hydrogen-bond acceptors (Lipinski definition) is 8. The minimum absolute atomic E-state index is 0. The number of hydrogen-bond donors (Lipinski definition) is 6. The van der Waals surface area contributed by atoms with Gasteiger partial charge in [-0.2, -0.15) is 11.1 Å².